The number of nitrogens with one attached hydrogen (secondary N) is 2. The van der Waals surface area contributed by atoms with Crippen molar-refractivity contribution in [1.82, 2.24) is 19.4 Å². The van der Waals surface area contributed by atoms with Gasteiger partial charge < -0.3 is 15.7 Å². The van der Waals surface area contributed by atoms with Crippen molar-refractivity contribution in [3.8, 4) is 0 Å². The van der Waals surface area contributed by atoms with Crippen molar-refractivity contribution < 1.29 is 13.9 Å². The van der Waals surface area contributed by atoms with Crippen LogP contribution in [0.2, 0.25) is 0 Å². The lowest BCUT2D eigenvalue weighted by molar-refractivity contribution is 0.181. The Morgan fingerprint density at radius 1 is 1.20 bits per heavy atom. The molecule has 10 heteroatoms. The van der Waals surface area contributed by atoms with Crippen molar-refractivity contribution in [1.29, 1.82) is 0 Å². The molecule has 1 fully saturated rings. The van der Waals surface area contributed by atoms with Crippen LogP contribution >= 0.6 is 0 Å². The number of anilines is 1. The number of hydrogen-bond donors (Lipinski definition) is 3. The van der Waals surface area contributed by atoms with Gasteiger partial charge in [0.05, 0.1) is 13.1 Å². The predicted octanol–water partition coefficient (Wildman–Crippen LogP) is 2.87. The molecule has 8 nitrogen and oxygen atoms in total. The molecule has 1 atom stereocenters. The number of aromatic nitrogens is 3. The van der Waals surface area contributed by atoms with Gasteiger partial charge in [-0.15, -0.1) is 0 Å². The van der Waals surface area contributed by atoms with Gasteiger partial charge in [-0.1, -0.05) is 31.9 Å². The molecule has 0 spiro atoms. The molecule has 0 saturated heterocycles. The Labute approximate surface area is 201 Å². The first-order valence-corrected chi connectivity index (χ1v) is 11.7. The monoisotopic (exact) mass is 485 g/mol. The Morgan fingerprint density at radius 2 is 1.94 bits per heavy atom. The summed E-state index contributed by atoms with van der Waals surface area (Å²) in [4.78, 5) is 30.5. The second kappa shape index (κ2) is 10.4. The third-order valence-electron chi connectivity index (χ3n) is 6.33. The minimum Gasteiger partial charge on any atom is -0.370 e. The van der Waals surface area contributed by atoms with E-state index in [1.807, 2.05) is 0 Å². The number of nitrogens with zero attached hydrogens (tertiary/aromatic N) is 3. The fourth-order valence-electron chi connectivity index (χ4n) is 4.41. The maximum absolute atomic E-state index is 14.3. The Hall–Kier alpha value is -3.53. The predicted molar refractivity (Wildman–Crippen MR) is 130 cm³/mol. The number of halogens is 2. The highest BCUT2D eigenvalue weighted by Crippen LogP contribution is 2.23. The number of aliphatic hydroxyl groups excluding tert-OH is 1. The van der Waals surface area contributed by atoms with Crippen molar-refractivity contribution in [2.24, 2.45) is 0 Å². The normalized spacial score (nSPS) is 18.2. The first kappa shape index (κ1) is 24.6. The standard InChI is InChI=1S/C25H29F2N5O3/c1-15(2)19-11-16(12-20(26)21(19)27)13-31-23(29-18-8-4-3-5-9-18)30-24(34)32(25(31)35)14-17-7-6-10-28-22(17)33/h6-7,10-12,18,22,28,33H,1,3-5,8-9,13-14H2,2H3,(H,29,30,34). The Bertz CT molecular complexity index is 1310. The van der Waals surface area contributed by atoms with Gasteiger partial charge in [-0.05, 0) is 60.9 Å². The van der Waals surface area contributed by atoms with Crippen molar-refractivity contribution in [2.75, 3.05) is 5.32 Å². The molecular formula is C25H29F2N5O3. The number of dihydropyridines is 1. The van der Waals surface area contributed by atoms with Gasteiger partial charge in [0.2, 0.25) is 5.95 Å². The largest absolute Gasteiger partial charge is 0.370 e. The van der Waals surface area contributed by atoms with E-state index in [0.717, 1.165) is 42.7 Å². The molecule has 1 saturated carbocycles. The molecule has 35 heavy (non-hydrogen) atoms. The van der Waals surface area contributed by atoms with E-state index < -0.39 is 29.2 Å². The zero-order valence-electron chi connectivity index (χ0n) is 19.6. The van der Waals surface area contributed by atoms with E-state index in [0.29, 0.717) is 16.7 Å². The SMILES string of the molecule is C=C(C)c1cc(Cn2c(NC3CCCCC3)nc(=O)n(CC3=CC=CNC3O)c2=O)cc(F)c1F. The highest BCUT2D eigenvalue weighted by atomic mass is 19.2. The average molecular weight is 486 g/mol. The van der Waals surface area contributed by atoms with E-state index in [4.69, 9.17) is 0 Å². The van der Waals surface area contributed by atoms with Crippen molar-refractivity contribution in [2.45, 2.75) is 64.4 Å². The quantitative estimate of drug-likeness (QED) is 0.558. The Balaban J connectivity index is 1.78. The molecule has 0 radical (unpaired) electrons. The summed E-state index contributed by atoms with van der Waals surface area (Å²) >= 11 is 0. The summed E-state index contributed by atoms with van der Waals surface area (Å²) in [5.74, 6) is -1.97. The van der Waals surface area contributed by atoms with Crippen LogP contribution in [0.15, 0.2) is 52.2 Å². The first-order chi connectivity index (χ1) is 16.7. The summed E-state index contributed by atoms with van der Waals surface area (Å²) < 4.78 is 30.7. The maximum Gasteiger partial charge on any atom is 0.355 e. The summed E-state index contributed by atoms with van der Waals surface area (Å²) in [7, 11) is 0. The van der Waals surface area contributed by atoms with E-state index in [2.05, 4.69) is 22.2 Å². The fourth-order valence-corrected chi connectivity index (χ4v) is 4.41. The van der Waals surface area contributed by atoms with Crippen LogP contribution in [0.1, 0.15) is 50.2 Å². The number of hydrogen-bond acceptors (Lipinski definition) is 6. The summed E-state index contributed by atoms with van der Waals surface area (Å²) in [6.07, 6.45) is 8.68. The lowest BCUT2D eigenvalue weighted by atomic mass is 9.96. The summed E-state index contributed by atoms with van der Waals surface area (Å²) in [6.45, 7) is 4.95. The molecule has 3 N–H and O–H groups in total. The minimum absolute atomic E-state index is 0.0180. The number of allylic oxidation sites excluding steroid dienone is 3. The first-order valence-electron chi connectivity index (χ1n) is 11.7. The lowest BCUT2D eigenvalue weighted by Gasteiger charge is -2.25. The van der Waals surface area contributed by atoms with Gasteiger partial charge >= 0.3 is 11.4 Å². The van der Waals surface area contributed by atoms with Crippen LogP contribution in [0.5, 0.6) is 0 Å². The van der Waals surface area contributed by atoms with Crippen LogP contribution in [0.3, 0.4) is 0 Å². The van der Waals surface area contributed by atoms with Gasteiger partial charge in [-0.25, -0.2) is 22.9 Å². The molecule has 4 rings (SSSR count). The summed E-state index contributed by atoms with van der Waals surface area (Å²) in [5, 5.41) is 16.1. The molecule has 186 valence electrons. The number of rotatable bonds is 7. The topological polar surface area (TPSA) is 101 Å². The zero-order valence-corrected chi connectivity index (χ0v) is 19.6. The van der Waals surface area contributed by atoms with E-state index in [-0.39, 0.29) is 30.6 Å². The molecule has 2 aromatic rings. The number of aliphatic hydroxyl groups is 1. The Kier molecular flexibility index (Phi) is 7.30. The Morgan fingerprint density at radius 3 is 2.63 bits per heavy atom. The molecule has 1 aliphatic carbocycles. The molecule has 1 aliphatic heterocycles. The zero-order chi connectivity index (χ0) is 25.1. The van der Waals surface area contributed by atoms with Gasteiger partial charge in [0.1, 0.15) is 6.23 Å². The lowest BCUT2D eigenvalue weighted by Crippen LogP contribution is -2.45. The van der Waals surface area contributed by atoms with Crippen LogP contribution in [-0.2, 0) is 13.1 Å². The molecule has 0 amide bonds. The summed E-state index contributed by atoms with van der Waals surface area (Å²) in [5.41, 5.74) is -0.343. The van der Waals surface area contributed by atoms with E-state index in [9.17, 15) is 23.5 Å². The molecule has 1 unspecified atom stereocenters. The number of benzene rings is 1. The third-order valence-corrected chi connectivity index (χ3v) is 6.33. The van der Waals surface area contributed by atoms with Gasteiger partial charge in [0, 0.05) is 11.6 Å². The fraction of sp³-hybridized carbons (Fsp3) is 0.400. The van der Waals surface area contributed by atoms with Gasteiger partial charge in [0.15, 0.2) is 11.6 Å². The third kappa shape index (κ3) is 5.43. The van der Waals surface area contributed by atoms with Crippen molar-refractivity contribution in [3.63, 3.8) is 0 Å². The molecular weight excluding hydrogens is 456 g/mol. The van der Waals surface area contributed by atoms with Gasteiger partial charge in [-0.3, -0.25) is 4.57 Å². The van der Waals surface area contributed by atoms with Gasteiger partial charge in [-0.2, -0.15) is 4.98 Å². The van der Waals surface area contributed by atoms with E-state index >= 15 is 0 Å². The second-order valence-corrected chi connectivity index (χ2v) is 9.04. The molecule has 2 aliphatic rings. The van der Waals surface area contributed by atoms with E-state index in [1.165, 1.54) is 10.6 Å². The molecule has 1 aromatic carbocycles. The molecule has 2 heterocycles. The van der Waals surface area contributed by atoms with Crippen LogP contribution in [0.4, 0.5) is 14.7 Å². The minimum atomic E-state index is -1.05. The van der Waals surface area contributed by atoms with E-state index in [1.54, 1.807) is 25.3 Å². The molecule has 0 bridgehead atoms. The second-order valence-electron chi connectivity index (χ2n) is 9.04. The van der Waals surface area contributed by atoms with Crippen LogP contribution < -0.4 is 22.0 Å². The van der Waals surface area contributed by atoms with Crippen LogP contribution in [-0.4, -0.2) is 31.5 Å². The summed E-state index contributed by atoms with van der Waals surface area (Å²) in [6, 6.07) is 2.51. The van der Waals surface area contributed by atoms with Crippen molar-refractivity contribution in [3.05, 3.63) is 86.4 Å². The van der Waals surface area contributed by atoms with Crippen molar-refractivity contribution >= 4 is 11.5 Å². The average Bonchev–Trinajstić information content (AvgIpc) is 2.83. The van der Waals surface area contributed by atoms with Gasteiger partial charge in [0.25, 0.3) is 0 Å². The maximum atomic E-state index is 14.3. The van der Waals surface area contributed by atoms with Crippen LogP contribution in [0, 0.1) is 11.6 Å². The molecule has 1 aromatic heterocycles. The van der Waals surface area contributed by atoms with Crippen LogP contribution in [0.25, 0.3) is 5.57 Å². The highest BCUT2D eigenvalue weighted by molar-refractivity contribution is 5.62. The smallest absolute Gasteiger partial charge is 0.355 e. The highest BCUT2D eigenvalue weighted by Gasteiger charge is 2.22.